The van der Waals surface area contributed by atoms with Crippen LogP contribution in [0.15, 0.2) is 18.2 Å². The number of nitrogens with one attached hydrogen (secondary N) is 1. The summed E-state index contributed by atoms with van der Waals surface area (Å²) < 4.78 is 10.9. The molecule has 138 valence electrons. The zero-order valence-corrected chi connectivity index (χ0v) is 15.3. The molecule has 3 rings (SSSR count). The fraction of sp³-hybridized carbons (Fsp3) is 0.650. The molecule has 0 spiro atoms. The van der Waals surface area contributed by atoms with Gasteiger partial charge in [0.1, 0.15) is 0 Å². The maximum atomic E-state index is 12.8. The highest BCUT2D eigenvalue weighted by molar-refractivity contribution is 5.94. The third-order valence-corrected chi connectivity index (χ3v) is 5.82. The second-order valence-electron chi connectivity index (χ2n) is 7.26. The average Bonchev–Trinajstić information content (AvgIpc) is 3.18. The number of benzene rings is 1. The number of hydrogen-bond acceptors (Lipinski definition) is 4. The van der Waals surface area contributed by atoms with Gasteiger partial charge in [-0.05, 0) is 62.1 Å². The van der Waals surface area contributed by atoms with Gasteiger partial charge in [0.2, 0.25) is 5.91 Å². The molecule has 0 aliphatic heterocycles. The Bertz CT molecular complexity index is 603. The van der Waals surface area contributed by atoms with E-state index in [0.717, 1.165) is 29.7 Å². The van der Waals surface area contributed by atoms with E-state index in [1.165, 1.54) is 6.42 Å². The molecule has 5 heteroatoms. The predicted molar refractivity (Wildman–Crippen MR) is 98.3 cm³/mol. The summed E-state index contributed by atoms with van der Waals surface area (Å²) in [6.45, 7) is 6.40. The summed E-state index contributed by atoms with van der Waals surface area (Å²) >= 11 is 0. The molecule has 2 saturated carbocycles. The summed E-state index contributed by atoms with van der Waals surface area (Å²) in [4.78, 5) is 12.8. The highest BCUT2D eigenvalue weighted by Crippen LogP contribution is 2.48. The molecule has 0 heterocycles. The minimum absolute atomic E-state index is 0.0177. The van der Waals surface area contributed by atoms with Gasteiger partial charge in [0.05, 0.1) is 25.7 Å². The van der Waals surface area contributed by atoms with Crippen LogP contribution in [0.5, 0.6) is 0 Å². The van der Waals surface area contributed by atoms with E-state index in [0.29, 0.717) is 38.3 Å². The van der Waals surface area contributed by atoms with E-state index in [-0.39, 0.29) is 17.9 Å². The van der Waals surface area contributed by atoms with Crippen molar-refractivity contribution >= 4 is 11.6 Å². The van der Waals surface area contributed by atoms with Crippen LogP contribution in [0, 0.1) is 24.7 Å². The third kappa shape index (κ3) is 4.05. The van der Waals surface area contributed by atoms with E-state index in [2.05, 4.69) is 5.32 Å². The number of amides is 1. The van der Waals surface area contributed by atoms with Crippen LogP contribution in [0.2, 0.25) is 0 Å². The molecule has 4 atom stereocenters. The van der Waals surface area contributed by atoms with Gasteiger partial charge in [0.25, 0.3) is 0 Å². The summed E-state index contributed by atoms with van der Waals surface area (Å²) in [6.07, 6.45) is 3.44. The summed E-state index contributed by atoms with van der Waals surface area (Å²) in [5.74, 6) is 1.04. The summed E-state index contributed by atoms with van der Waals surface area (Å²) in [5, 5.41) is 3.12. The maximum absolute atomic E-state index is 12.8. The van der Waals surface area contributed by atoms with Crippen molar-refractivity contribution < 1.29 is 14.3 Å². The van der Waals surface area contributed by atoms with Gasteiger partial charge >= 0.3 is 0 Å². The minimum atomic E-state index is -0.0377. The normalized spacial score (nSPS) is 27.6. The van der Waals surface area contributed by atoms with E-state index in [9.17, 15) is 4.79 Å². The number of carbonyl (C=O) groups excluding carboxylic acids is 1. The van der Waals surface area contributed by atoms with Gasteiger partial charge < -0.3 is 20.5 Å². The summed E-state index contributed by atoms with van der Waals surface area (Å²) in [5.41, 5.74) is 9.31. The van der Waals surface area contributed by atoms with Crippen molar-refractivity contribution in [1.82, 2.24) is 0 Å². The van der Waals surface area contributed by atoms with E-state index in [1.54, 1.807) is 0 Å². The first-order valence-corrected chi connectivity index (χ1v) is 9.42. The third-order valence-electron chi connectivity index (χ3n) is 5.82. The second kappa shape index (κ2) is 8.30. The highest BCUT2D eigenvalue weighted by Gasteiger charge is 2.49. The molecular weight excluding hydrogens is 316 g/mol. The van der Waals surface area contributed by atoms with Gasteiger partial charge in [-0.1, -0.05) is 12.1 Å². The van der Waals surface area contributed by atoms with E-state index in [1.807, 2.05) is 32.0 Å². The summed E-state index contributed by atoms with van der Waals surface area (Å²) in [6, 6.07) is 5.97. The Hall–Kier alpha value is -1.43. The molecule has 0 radical (unpaired) electrons. The van der Waals surface area contributed by atoms with E-state index >= 15 is 0 Å². The number of nitrogens with two attached hydrogens (primary N) is 1. The number of rotatable bonds is 8. The lowest BCUT2D eigenvalue weighted by atomic mass is 9.84. The van der Waals surface area contributed by atoms with E-state index in [4.69, 9.17) is 15.2 Å². The molecule has 4 unspecified atom stereocenters. The van der Waals surface area contributed by atoms with Gasteiger partial charge in [0.15, 0.2) is 0 Å². The number of anilines is 1. The van der Waals surface area contributed by atoms with Crippen molar-refractivity contribution in [3.05, 3.63) is 29.3 Å². The number of ether oxygens (including phenoxy) is 2. The lowest BCUT2D eigenvalue weighted by Gasteiger charge is -2.27. The van der Waals surface area contributed by atoms with Crippen molar-refractivity contribution in [2.45, 2.75) is 45.8 Å². The minimum Gasteiger partial charge on any atom is -0.379 e. The summed E-state index contributed by atoms with van der Waals surface area (Å²) in [7, 11) is 0. The monoisotopic (exact) mass is 346 g/mol. The quantitative estimate of drug-likeness (QED) is 0.710. The molecule has 1 aromatic rings. The van der Waals surface area contributed by atoms with Gasteiger partial charge in [-0.2, -0.15) is 0 Å². The smallest absolute Gasteiger partial charge is 0.229 e. The van der Waals surface area contributed by atoms with Crippen molar-refractivity contribution in [1.29, 1.82) is 0 Å². The molecule has 2 aliphatic rings. The predicted octanol–water partition coefficient (Wildman–Crippen LogP) is 2.86. The van der Waals surface area contributed by atoms with Crippen LogP contribution in [0.1, 0.15) is 37.3 Å². The van der Waals surface area contributed by atoms with Crippen LogP contribution in [0.4, 0.5) is 5.69 Å². The maximum Gasteiger partial charge on any atom is 0.229 e. The Morgan fingerprint density at radius 1 is 1.24 bits per heavy atom. The van der Waals surface area contributed by atoms with Gasteiger partial charge in [0, 0.05) is 18.3 Å². The van der Waals surface area contributed by atoms with Crippen LogP contribution in [-0.4, -0.2) is 31.8 Å². The first-order chi connectivity index (χ1) is 12.1. The Morgan fingerprint density at radius 2 is 2.00 bits per heavy atom. The molecule has 1 amide bonds. The fourth-order valence-electron chi connectivity index (χ4n) is 4.36. The molecule has 1 aromatic carbocycles. The standard InChI is InChI=1S/C20H30N2O3/c1-3-24-9-10-25-12-16-5-4-6-17(13(16)2)22-20(23)18-14-7-8-15(11-14)19(18)21/h4-6,14-15,18-19H,3,7-12,21H2,1-2H3,(H,22,23). The Morgan fingerprint density at radius 3 is 2.72 bits per heavy atom. The largest absolute Gasteiger partial charge is 0.379 e. The number of carbonyl (C=O) groups is 1. The van der Waals surface area contributed by atoms with Crippen LogP contribution >= 0.6 is 0 Å². The topological polar surface area (TPSA) is 73.6 Å². The van der Waals surface area contributed by atoms with Crippen molar-refractivity contribution in [2.24, 2.45) is 23.5 Å². The Labute approximate surface area is 150 Å². The zero-order chi connectivity index (χ0) is 17.8. The molecular formula is C20H30N2O3. The lowest BCUT2D eigenvalue weighted by Crippen LogP contribution is -2.42. The van der Waals surface area contributed by atoms with Gasteiger partial charge in [-0.15, -0.1) is 0 Å². The molecule has 2 bridgehead atoms. The molecule has 0 saturated heterocycles. The van der Waals surface area contributed by atoms with E-state index < -0.39 is 0 Å². The zero-order valence-electron chi connectivity index (χ0n) is 15.3. The average molecular weight is 346 g/mol. The van der Waals surface area contributed by atoms with Gasteiger partial charge in [-0.25, -0.2) is 0 Å². The molecule has 25 heavy (non-hydrogen) atoms. The lowest BCUT2D eigenvalue weighted by molar-refractivity contribution is -0.121. The van der Waals surface area contributed by atoms with Crippen LogP contribution in [0.3, 0.4) is 0 Å². The van der Waals surface area contributed by atoms with Crippen LogP contribution < -0.4 is 11.1 Å². The molecule has 0 aromatic heterocycles. The number of fused-ring (bicyclic) bond motifs is 2. The second-order valence-corrected chi connectivity index (χ2v) is 7.26. The molecule has 2 fully saturated rings. The highest BCUT2D eigenvalue weighted by atomic mass is 16.5. The van der Waals surface area contributed by atoms with Crippen molar-refractivity contribution in [3.8, 4) is 0 Å². The fourth-order valence-corrected chi connectivity index (χ4v) is 4.36. The Balaban J connectivity index is 1.59. The van der Waals surface area contributed by atoms with Crippen molar-refractivity contribution in [3.63, 3.8) is 0 Å². The van der Waals surface area contributed by atoms with Crippen molar-refractivity contribution in [2.75, 3.05) is 25.1 Å². The first kappa shape index (κ1) is 18.4. The van der Waals surface area contributed by atoms with Crippen LogP contribution in [0.25, 0.3) is 0 Å². The Kier molecular flexibility index (Phi) is 6.10. The molecule has 2 aliphatic carbocycles. The van der Waals surface area contributed by atoms with Gasteiger partial charge in [-0.3, -0.25) is 4.79 Å². The first-order valence-electron chi connectivity index (χ1n) is 9.42. The number of hydrogen-bond donors (Lipinski definition) is 2. The molecule has 3 N–H and O–H groups in total. The van der Waals surface area contributed by atoms with Crippen LogP contribution in [-0.2, 0) is 20.9 Å². The SMILES string of the molecule is CCOCCOCc1cccc(NC(=O)C2C3CCC(C3)C2N)c1C. The molecule has 5 nitrogen and oxygen atoms in total.